The number of nitrogen functional groups attached to an aromatic ring is 1. The predicted molar refractivity (Wildman–Crippen MR) is 73.7 cm³/mol. The lowest BCUT2D eigenvalue weighted by Gasteiger charge is -2.11. The van der Waals surface area contributed by atoms with Gasteiger partial charge in [0.15, 0.2) is 5.75 Å². The van der Waals surface area contributed by atoms with Gasteiger partial charge in [0.2, 0.25) is 0 Å². The van der Waals surface area contributed by atoms with Crippen LogP contribution in [-0.4, -0.2) is 7.11 Å². The number of hydrogen-bond donors (Lipinski definition) is 1. The number of methoxy groups -OCH3 is 1. The lowest BCUT2D eigenvalue weighted by atomic mass is 10.2. The topological polar surface area (TPSA) is 44.5 Å². The molecule has 0 heterocycles. The number of anilines is 1. The summed E-state index contributed by atoms with van der Waals surface area (Å²) in [6, 6.07) is 10.8. The minimum Gasteiger partial charge on any atom is -0.497 e. The maximum Gasteiger partial charge on any atom is 0.154 e. The summed E-state index contributed by atoms with van der Waals surface area (Å²) in [4.78, 5) is 0. The van der Waals surface area contributed by atoms with E-state index in [1.54, 1.807) is 31.4 Å². The molecule has 2 N–H and O–H groups in total. The maximum absolute atomic E-state index is 6.08. The molecule has 0 fully saturated rings. The second kappa shape index (κ2) is 5.19. The Balaban J connectivity index is 2.36. The van der Waals surface area contributed by atoms with Crippen molar-refractivity contribution in [3.63, 3.8) is 0 Å². The van der Waals surface area contributed by atoms with Gasteiger partial charge in [0, 0.05) is 6.07 Å². The number of ether oxygens (including phenoxy) is 2. The van der Waals surface area contributed by atoms with Crippen molar-refractivity contribution < 1.29 is 9.47 Å². The zero-order chi connectivity index (χ0) is 13.1. The molecule has 0 bridgehead atoms. The number of hydrogen-bond acceptors (Lipinski definition) is 3. The molecule has 0 saturated heterocycles. The average Bonchev–Trinajstić information content (AvgIpc) is 2.36. The van der Waals surface area contributed by atoms with E-state index in [-0.39, 0.29) is 0 Å². The highest BCUT2D eigenvalue weighted by molar-refractivity contribution is 6.32. The van der Waals surface area contributed by atoms with E-state index in [2.05, 4.69) is 0 Å². The van der Waals surface area contributed by atoms with Crippen LogP contribution in [0.4, 0.5) is 5.69 Å². The van der Waals surface area contributed by atoms with Crippen molar-refractivity contribution in [3.8, 4) is 17.2 Å². The Labute approximate surface area is 111 Å². The van der Waals surface area contributed by atoms with Gasteiger partial charge in [-0.3, -0.25) is 0 Å². The van der Waals surface area contributed by atoms with Crippen molar-refractivity contribution in [1.29, 1.82) is 0 Å². The first-order valence-corrected chi connectivity index (χ1v) is 5.85. The number of rotatable bonds is 3. The van der Waals surface area contributed by atoms with Gasteiger partial charge in [-0.05, 0) is 36.8 Å². The minimum atomic E-state index is 0.529. The van der Waals surface area contributed by atoms with Gasteiger partial charge in [-0.25, -0.2) is 0 Å². The first-order chi connectivity index (χ1) is 8.60. The van der Waals surface area contributed by atoms with Crippen LogP contribution in [0, 0.1) is 6.92 Å². The fourth-order valence-corrected chi connectivity index (χ4v) is 1.69. The standard InChI is InChI=1S/C14H14ClNO2/c1-9-3-5-11(15)13(7-9)18-14-8-10(17-2)4-6-12(14)16/h3-8H,16H2,1-2H3. The minimum absolute atomic E-state index is 0.529. The SMILES string of the molecule is COc1ccc(N)c(Oc2cc(C)ccc2Cl)c1. The van der Waals surface area contributed by atoms with Gasteiger partial charge in [0.05, 0.1) is 17.8 Å². The predicted octanol–water partition coefficient (Wildman–Crippen LogP) is 4.03. The van der Waals surface area contributed by atoms with Crippen LogP contribution in [0.2, 0.25) is 5.02 Å². The maximum atomic E-state index is 6.08. The van der Waals surface area contributed by atoms with Gasteiger partial charge in [0.25, 0.3) is 0 Å². The molecule has 18 heavy (non-hydrogen) atoms. The molecule has 0 atom stereocenters. The Hall–Kier alpha value is -1.87. The van der Waals surface area contributed by atoms with Crippen LogP contribution < -0.4 is 15.2 Å². The van der Waals surface area contributed by atoms with E-state index in [4.69, 9.17) is 26.8 Å². The first-order valence-electron chi connectivity index (χ1n) is 5.47. The Morgan fingerprint density at radius 1 is 1.06 bits per heavy atom. The van der Waals surface area contributed by atoms with Crippen LogP contribution in [0.3, 0.4) is 0 Å². The highest BCUT2D eigenvalue weighted by Crippen LogP contribution is 2.35. The van der Waals surface area contributed by atoms with Crippen molar-refractivity contribution >= 4 is 17.3 Å². The third-order valence-electron chi connectivity index (χ3n) is 2.53. The Kier molecular flexibility index (Phi) is 3.63. The summed E-state index contributed by atoms with van der Waals surface area (Å²) in [5.41, 5.74) is 7.46. The average molecular weight is 264 g/mol. The van der Waals surface area contributed by atoms with Crippen LogP contribution in [-0.2, 0) is 0 Å². The molecular weight excluding hydrogens is 250 g/mol. The third-order valence-corrected chi connectivity index (χ3v) is 2.84. The molecule has 0 aliphatic carbocycles. The molecule has 0 aliphatic rings. The molecule has 0 amide bonds. The summed E-state index contributed by atoms with van der Waals surface area (Å²) in [5, 5.41) is 0.544. The van der Waals surface area contributed by atoms with E-state index in [1.807, 2.05) is 19.1 Å². The molecule has 4 heteroatoms. The summed E-state index contributed by atoms with van der Waals surface area (Å²) in [5.74, 6) is 1.79. The van der Waals surface area contributed by atoms with Crippen molar-refractivity contribution in [2.24, 2.45) is 0 Å². The summed E-state index contributed by atoms with van der Waals surface area (Å²) in [6.07, 6.45) is 0. The summed E-state index contributed by atoms with van der Waals surface area (Å²) >= 11 is 6.08. The lowest BCUT2D eigenvalue weighted by Crippen LogP contribution is -1.94. The van der Waals surface area contributed by atoms with Crippen molar-refractivity contribution in [2.75, 3.05) is 12.8 Å². The molecule has 2 aromatic carbocycles. The van der Waals surface area contributed by atoms with Gasteiger partial charge < -0.3 is 15.2 Å². The van der Waals surface area contributed by atoms with E-state index >= 15 is 0 Å². The number of benzene rings is 2. The molecule has 0 unspecified atom stereocenters. The van der Waals surface area contributed by atoms with E-state index in [0.717, 1.165) is 5.56 Å². The highest BCUT2D eigenvalue weighted by Gasteiger charge is 2.07. The fourth-order valence-electron chi connectivity index (χ4n) is 1.54. The molecular formula is C14H14ClNO2. The number of nitrogens with two attached hydrogens (primary N) is 1. The molecule has 0 aromatic heterocycles. The van der Waals surface area contributed by atoms with Crippen LogP contribution in [0.5, 0.6) is 17.2 Å². The normalized spacial score (nSPS) is 10.2. The van der Waals surface area contributed by atoms with E-state index in [9.17, 15) is 0 Å². The first kappa shape index (κ1) is 12.6. The summed E-state index contributed by atoms with van der Waals surface area (Å²) in [7, 11) is 1.59. The molecule has 2 aromatic rings. The van der Waals surface area contributed by atoms with E-state index in [0.29, 0.717) is 28.0 Å². The summed E-state index contributed by atoms with van der Waals surface area (Å²) < 4.78 is 10.9. The highest BCUT2D eigenvalue weighted by atomic mass is 35.5. The molecule has 0 radical (unpaired) electrons. The Morgan fingerprint density at radius 3 is 2.56 bits per heavy atom. The lowest BCUT2D eigenvalue weighted by molar-refractivity contribution is 0.409. The smallest absolute Gasteiger partial charge is 0.154 e. The third kappa shape index (κ3) is 2.68. The molecule has 3 nitrogen and oxygen atoms in total. The van der Waals surface area contributed by atoms with Crippen molar-refractivity contribution in [2.45, 2.75) is 6.92 Å². The molecule has 0 saturated carbocycles. The fraction of sp³-hybridized carbons (Fsp3) is 0.143. The van der Waals surface area contributed by atoms with Gasteiger partial charge >= 0.3 is 0 Å². The van der Waals surface area contributed by atoms with Crippen LogP contribution >= 0.6 is 11.6 Å². The molecule has 0 spiro atoms. The van der Waals surface area contributed by atoms with Crippen LogP contribution in [0.1, 0.15) is 5.56 Å². The molecule has 94 valence electrons. The Bertz CT molecular complexity index is 570. The largest absolute Gasteiger partial charge is 0.497 e. The van der Waals surface area contributed by atoms with Crippen molar-refractivity contribution in [3.05, 3.63) is 47.0 Å². The monoisotopic (exact) mass is 263 g/mol. The summed E-state index contributed by atoms with van der Waals surface area (Å²) in [6.45, 7) is 1.97. The zero-order valence-electron chi connectivity index (χ0n) is 10.2. The van der Waals surface area contributed by atoms with E-state index < -0.39 is 0 Å². The van der Waals surface area contributed by atoms with Gasteiger partial charge in [0.1, 0.15) is 11.5 Å². The van der Waals surface area contributed by atoms with Gasteiger partial charge in [-0.15, -0.1) is 0 Å². The second-order valence-electron chi connectivity index (χ2n) is 3.94. The molecule has 2 rings (SSSR count). The zero-order valence-corrected chi connectivity index (χ0v) is 11.0. The Morgan fingerprint density at radius 2 is 1.83 bits per heavy atom. The number of aryl methyl sites for hydroxylation is 1. The quantitative estimate of drug-likeness (QED) is 0.851. The second-order valence-corrected chi connectivity index (χ2v) is 4.35. The van der Waals surface area contributed by atoms with Crippen LogP contribution in [0.25, 0.3) is 0 Å². The van der Waals surface area contributed by atoms with Gasteiger partial charge in [-0.1, -0.05) is 17.7 Å². The van der Waals surface area contributed by atoms with Crippen LogP contribution in [0.15, 0.2) is 36.4 Å². The van der Waals surface area contributed by atoms with Crippen molar-refractivity contribution in [1.82, 2.24) is 0 Å². The van der Waals surface area contributed by atoms with E-state index in [1.165, 1.54) is 0 Å². The molecule has 0 aliphatic heterocycles. The van der Waals surface area contributed by atoms with Gasteiger partial charge in [-0.2, -0.15) is 0 Å². The number of halogens is 1.